The lowest BCUT2D eigenvalue weighted by molar-refractivity contribution is -0.274. The number of rotatable bonds is 7. The van der Waals surface area contributed by atoms with E-state index in [-0.39, 0.29) is 30.9 Å². The zero-order valence-corrected chi connectivity index (χ0v) is 16.7. The molecule has 0 aromatic heterocycles. The molecule has 0 saturated heterocycles. The van der Waals surface area contributed by atoms with E-state index in [0.717, 1.165) is 7.11 Å². The molecule has 1 N–H and O–H groups in total. The van der Waals surface area contributed by atoms with Crippen molar-refractivity contribution in [2.75, 3.05) is 19.0 Å². The number of ether oxygens (including phenoxy) is 3. The smallest absolute Gasteiger partial charge is 0.466 e. The Morgan fingerprint density at radius 3 is 2.29 bits per heavy atom. The van der Waals surface area contributed by atoms with Crippen molar-refractivity contribution < 1.29 is 41.8 Å². The molecule has 10 heteroatoms. The lowest BCUT2D eigenvalue weighted by Crippen LogP contribution is -2.23. The number of carbonyl (C=O) groups is 3. The van der Waals surface area contributed by atoms with Crippen LogP contribution in [-0.4, -0.2) is 37.9 Å². The highest BCUT2D eigenvalue weighted by molar-refractivity contribution is 6.37. The summed E-state index contributed by atoms with van der Waals surface area (Å²) < 4.78 is 50.2. The van der Waals surface area contributed by atoms with Crippen molar-refractivity contribution in [3.8, 4) is 16.9 Å². The van der Waals surface area contributed by atoms with Gasteiger partial charge in [0, 0.05) is 12.1 Å². The van der Waals surface area contributed by atoms with E-state index in [1.165, 1.54) is 30.3 Å². The predicted molar refractivity (Wildman–Crippen MR) is 104 cm³/mol. The number of hydrogen-bond donors (Lipinski definition) is 1. The van der Waals surface area contributed by atoms with Crippen molar-refractivity contribution in [2.45, 2.75) is 26.1 Å². The van der Waals surface area contributed by atoms with Gasteiger partial charge in [0.2, 0.25) is 0 Å². The SMILES string of the molecule is CCOC(=O)CCc1cc(NC(=O)C(=O)OC)ccc1-c1ccc(OC(F)(F)F)cc1. The standard InChI is InChI=1S/C21H20F3NO6/c1-3-30-18(26)11-6-14-12-15(25-19(27)20(28)29-2)7-10-17(14)13-4-8-16(9-5-13)31-21(22,23)24/h4-5,7-10,12H,3,6,11H2,1-2H3,(H,25,27). The maximum atomic E-state index is 12.4. The summed E-state index contributed by atoms with van der Waals surface area (Å²) in [5.41, 5.74) is 2.09. The number of amides is 1. The van der Waals surface area contributed by atoms with Crippen molar-refractivity contribution in [2.24, 2.45) is 0 Å². The minimum absolute atomic E-state index is 0.0461. The largest absolute Gasteiger partial charge is 0.573 e. The van der Waals surface area contributed by atoms with Crippen LogP contribution in [0.25, 0.3) is 11.1 Å². The fourth-order valence-electron chi connectivity index (χ4n) is 2.74. The molecule has 0 saturated carbocycles. The molecule has 0 aliphatic heterocycles. The van der Waals surface area contributed by atoms with Gasteiger partial charge in [-0.15, -0.1) is 13.2 Å². The van der Waals surface area contributed by atoms with E-state index >= 15 is 0 Å². The highest BCUT2D eigenvalue weighted by Gasteiger charge is 2.31. The summed E-state index contributed by atoms with van der Waals surface area (Å²) in [5, 5.41) is 2.38. The zero-order valence-electron chi connectivity index (χ0n) is 16.7. The van der Waals surface area contributed by atoms with Crippen LogP contribution in [0.1, 0.15) is 18.9 Å². The van der Waals surface area contributed by atoms with Crippen LogP contribution in [0.2, 0.25) is 0 Å². The molecule has 166 valence electrons. The molecule has 0 aliphatic rings. The molecule has 0 bridgehead atoms. The van der Waals surface area contributed by atoms with Crippen molar-refractivity contribution in [3.63, 3.8) is 0 Å². The molecule has 31 heavy (non-hydrogen) atoms. The number of halogens is 3. The molecular weight excluding hydrogens is 419 g/mol. The number of anilines is 1. The minimum Gasteiger partial charge on any atom is -0.466 e. The first kappa shape index (κ1) is 23.7. The maximum absolute atomic E-state index is 12.4. The van der Waals surface area contributed by atoms with Gasteiger partial charge in [0.15, 0.2) is 0 Å². The molecule has 2 aromatic rings. The number of esters is 2. The zero-order chi connectivity index (χ0) is 23.0. The van der Waals surface area contributed by atoms with Crippen LogP contribution in [0, 0.1) is 0 Å². The normalized spacial score (nSPS) is 10.9. The highest BCUT2D eigenvalue weighted by Crippen LogP contribution is 2.30. The number of alkyl halides is 3. The predicted octanol–water partition coefficient (Wildman–Crippen LogP) is 3.86. The molecule has 0 heterocycles. The van der Waals surface area contributed by atoms with Crippen molar-refractivity contribution in [1.29, 1.82) is 0 Å². The van der Waals surface area contributed by atoms with Gasteiger partial charge in [-0.3, -0.25) is 9.59 Å². The summed E-state index contributed by atoms with van der Waals surface area (Å²) in [6.45, 7) is 1.90. The Balaban J connectivity index is 2.32. The van der Waals surface area contributed by atoms with Gasteiger partial charge in [0.1, 0.15) is 5.75 Å². The van der Waals surface area contributed by atoms with Gasteiger partial charge in [-0.05, 0) is 54.3 Å². The van der Waals surface area contributed by atoms with Crippen LogP contribution < -0.4 is 10.1 Å². The fraction of sp³-hybridized carbons (Fsp3) is 0.286. The average Bonchev–Trinajstić information content (AvgIpc) is 2.71. The number of hydrogen-bond acceptors (Lipinski definition) is 6. The second-order valence-electron chi connectivity index (χ2n) is 6.19. The first-order valence-corrected chi connectivity index (χ1v) is 9.17. The van der Waals surface area contributed by atoms with Crippen LogP contribution in [0.3, 0.4) is 0 Å². The summed E-state index contributed by atoms with van der Waals surface area (Å²) in [6.07, 6.45) is -4.52. The molecular formula is C21H20F3NO6. The van der Waals surface area contributed by atoms with Gasteiger partial charge in [-0.1, -0.05) is 18.2 Å². The molecule has 0 spiro atoms. The first-order chi connectivity index (χ1) is 14.6. The van der Waals surface area contributed by atoms with Crippen LogP contribution in [0.5, 0.6) is 5.75 Å². The van der Waals surface area contributed by atoms with Gasteiger partial charge < -0.3 is 19.5 Å². The van der Waals surface area contributed by atoms with Crippen molar-refractivity contribution in [1.82, 2.24) is 0 Å². The Labute approximate surface area is 176 Å². The number of benzene rings is 2. The van der Waals surface area contributed by atoms with Crippen molar-refractivity contribution in [3.05, 3.63) is 48.0 Å². The van der Waals surface area contributed by atoms with E-state index in [4.69, 9.17) is 4.74 Å². The van der Waals surface area contributed by atoms with E-state index in [2.05, 4.69) is 14.8 Å². The quantitative estimate of drug-likeness (QED) is 0.521. The number of aryl methyl sites for hydroxylation is 1. The van der Waals surface area contributed by atoms with Crippen LogP contribution in [-0.2, 0) is 30.3 Å². The summed E-state index contributed by atoms with van der Waals surface area (Å²) in [5.74, 6) is -2.84. The van der Waals surface area contributed by atoms with E-state index in [0.29, 0.717) is 16.7 Å². The summed E-state index contributed by atoms with van der Waals surface area (Å²) in [6, 6.07) is 9.93. The molecule has 7 nitrogen and oxygen atoms in total. The fourth-order valence-corrected chi connectivity index (χ4v) is 2.74. The Hall–Kier alpha value is -3.56. The molecule has 2 aromatic carbocycles. The monoisotopic (exact) mass is 439 g/mol. The molecule has 0 unspecified atom stereocenters. The van der Waals surface area contributed by atoms with Gasteiger partial charge >= 0.3 is 24.2 Å². The Morgan fingerprint density at radius 2 is 1.71 bits per heavy atom. The average molecular weight is 439 g/mol. The Kier molecular flexibility index (Phi) is 8.00. The van der Waals surface area contributed by atoms with Crippen LogP contribution in [0.4, 0.5) is 18.9 Å². The third kappa shape index (κ3) is 7.32. The number of carbonyl (C=O) groups excluding carboxylic acids is 3. The first-order valence-electron chi connectivity index (χ1n) is 9.17. The minimum atomic E-state index is -4.80. The van der Waals surface area contributed by atoms with E-state index < -0.39 is 24.2 Å². The summed E-state index contributed by atoms with van der Waals surface area (Å²) in [7, 11) is 1.07. The molecule has 0 fully saturated rings. The Bertz CT molecular complexity index is 941. The Morgan fingerprint density at radius 1 is 1.03 bits per heavy atom. The van der Waals surface area contributed by atoms with Crippen molar-refractivity contribution >= 4 is 23.5 Å². The van der Waals surface area contributed by atoms with Gasteiger partial charge in [-0.25, -0.2) is 4.79 Å². The van der Waals surface area contributed by atoms with Gasteiger partial charge in [0.05, 0.1) is 13.7 Å². The third-order valence-corrected chi connectivity index (χ3v) is 4.04. The lowest BCUT2D eigenvalue weighted by atomic mass is 9.96. The van der Waals surface area contributed by atoms with Gasteiger partial charge in [0.25, 0.3) is 0 Å². The van der Waals surface area contributed by atoms with Gasteiger partial charge in [-0.2, -0.15) is 0 Å². The second kappa shape index (κ2) is 10.5. The maximum Gasteiger partial charge on any atom is 0.573 e. The van der Waals surface area contributed by atoms with E-state index in [9.17, 15) is 27.6 Å². The van der Waals surface area contributed by atoms with Crippen LogP contribution >= 0.6 is 0 Å². The van der Waals surface area contributed by atoms with E-state index in [1.54, 1.807) is 19.1 Å². The molecule has 2 rings (SSSR count). The third-order valence-electron chi connectivity index (χ3n) is 4.04. The molecule has 0 aliphatic carbocycles. The van der Waals surface area contributed by atoms with Crippen LogP contribution in [0.15, 0.2) is 42.5 Å². The van der Waals surface area contributed by atoms with E-state index in [1.807, 2.05) is 0 Å². The lowest BCUT2D eigenvalue weighted by Gasteiger charge is -2.14. The highest BCUT2D eigenvalue weighted by atomic mass is 19.4. The topological polar surface area (TPSA) is 90.9 Å². The summed E-state index contributed by atoms with van der Waals surface area (Å²) in [4.78, 5) is 34.8. The summed E-state index contributed by atoms with van der Waals surface area (Å²) >= 11 is 0. The number of methoxy groups -OCH3 is 1. The number of nitrogens with one attached hydrogen (secondary N) is 1. The molecule has 1 amide bonds. The second-order valence-corrected chi connectivity index (χ2v) is 6.19. The molecule has 0 atom stereocenters. The molecule has 0 radical (unpaired) electrons.